The van der Waals surface area contributed by atoms with Crippen LogP contribution in [0.3, 0.4) is 0 Å². The minimum absolute atomic E-state index is 0.0266. The molecule has 0 saturated carbocycles. The van der Waals surface area contributed by atoms with Gasteiger partial charge in [0.2, 0.25) is 0 Å². The molecule has 0 radical (unpaired) electrons. The Labute approximate surface area is 90.9 Å². The first-order valence-electron chi connectivity index (χ1n) is 5.31. The van der Waals surface area contributed by atoms with E-state index >= 15 is 0 Å². The molecule has 82 valence electrons. The van der Waals surface area contributed by atoms with Crippen LogP contribution in [-0.4, -0.2) is 17.4 Å². The van der Waals surface area contributed by atoms with E-state index in [2.05, 4.69) is 24.1 Å². The third kappa shape index (κ3) is 3.70. The smallest absolute Gasteiger partial charge is 0.253 e. The molecule has 1 aromatic rings. The summed E-state index contributed by atoms with van der Waals surface area (Å²) in [5.74, 6) is 0.585. The third-order valence-electron chi connectivity index (χ3n) is 2.26. The average molecular weight is 206 g/mol. The Kier molecular flexibility index (Phi) is 4.28. The van der Waals surface area contributed by atoms with E-state index < -0.39 is 0 Å². The second-order valence-corrected chi connectivity index (χ2v) is 4.07. The van der Waals surface area contributed by atoms with Crippen LogP contribution in [0, 0.1) is 12.8 Å². The molecule has 0 aromatic carbocycles. The average Bonchev–Trinajstić information content (AvgIpc) is 2.17. The predicted molar refractivity (Wildman–Crippen MR) is 60.8 cm³/mol. The van der Waals surface area contributed by atoms with Crippen LogP contribution in [0.1, 0.15) is 36.3 Å². The second-order valence-electron chi connectivity index (χ2n) is 4.07. The molecule has 0 aliphatic heterocycles. The van der Waals surface area contributed by atoms with E-state index in [1.165, 1.54) is 0 Å². The highest BCUT2D eigenvalue weighted by Gasteiger charge is 2.07. The minimum atomic E-state index is -0.0266. The molecule has 15 heavy (non-hydrogen) atoms. The maximum absolute atomic E-state index is 11.7. The van der Waals surface area contributed by atoms with Gasteiger partial charge in [0, 0.05) is 18.4 Å². The SMILES string of the molecule is Cc1ncccc1C(=O)NCCC(C)C. The summed E-state index contributed by atoms with van der Waals surface area (Å²) in [6, 6.07) is 3.58. The zero-order chi connectivity index (χ0) is 11.3. The van der Waals surface area contributed by atoms with Crippen LogP contribution in [0.5, 0.6) is 0 Å². The summed E-state index contributed by atoms with van der Waals surface area (Å²) >= 11 is 0. The molecule has 0 bridgehead atoms. The van der Waals surface area contributed by atoms with Crippen molar-refractivity contribution in [2.45, 2.75) is 27.2 Å². The first kappa shape index (κ1) is 11.7. The topological polar surface area (TPSA) is 42.0 Å². The summed E-state index contributed by atoms with van der Waals surface area (Å²) in [6.45, 7) is 6.85. The molecular weight excluding hydrogens is 188 g/mol. The van der Waals surface area contributed by atoms with Crippen molar-refractivity contribution in [2.75, 3.05) is 6.54 Å². The minimum Gasteiger partial charge on any atom is -0.352 e. The normalized spacial score (nSPS) is 10.4. The van der Waals surface area contributed by atoms with Gasteiger partial charge in [-0.3, -0.25) is 9.78 Å². The summed E-state index contributed by atoms with van der Waals surface area (Å²) in [7, 11) is 0. The molecule has 0 aliphatic carbocycles. The van der Waals surface area contributed by atoms with Crippen LogP contribution in [-0.2, 0) is 0 Å². The lowest BCUT2D eigenvalue weighted by molar-refractivity contribution is 0.0951. The lowest BCUT2D eigenvalue weighted by Crippen LogP contribution is -2.26. The van der Waals surface area contributed by atoms with Gasteiger partial charge in [-0.25, -0.2) is 0 Å². The van der Waals surface area contributed by atoms with E-state index in [1.54, 1.807) is 18.3 Å². The Morgan fingerprint density at radius 2 is 2.27 bits per heavy atom. The quantitative estimate of drug-likeness (QED) is 0.820. The van der Waals surface area contributed by atoms with Gasteiger partial charge in [0.1, 0.15) is 0 Å². The number of carbonyl (C=O) groups is 1. The van der Waals surface area contributed by atoms with Gasteiger partial charge in [-0.1, -0.05) is 13.8 Å². The fourth-order valence-corrected chi connectivity index (χ4v) is 1.29. The first-order chi connectivity index (χ1) is 7.11. The number of nitrogens with zero attached hydrogens (tertiary/aromatic N) is 1. The summed E-state index contributed by atoms with van der Waals surface area (Å²) < 4.78 is 0. The number of aromatic nitrogens is 1. The number of hydrogen-bond acceptors (Lipinski definition) is 2. The van der Waals surface area contributed by atoms with Crippen LogP contribution < -0.4 is 5.32 Å². The Morgan fingerprint density at radius 1 is 1.53 bits per heavy atom. The fraction of sp³-hybridized carbons (Fsp3) is 0.500. The Morgan fingerprint density at radius 3 is 2.87 bits per heavy atom. The highest BCUT2D eigenvalue weighted by atomic mass is 16.1. The third-order valence-corrected chi connectivity index (χ3v) is 2.26. The first-order valence-corrected chi connectivity index (χ1v) is 5.31. The molecular formula is C12H18N2O. The monoisotopic (exact) mass is 206 g/mol. The second kappa shape index (κ2) is 5.49. The molecule has 0 unspecified atom stereocenters. The van der Waals surface area contributed by atoms with Gasteiger partial charge in [-0.05, 0) is 31.4 Å². The number of aryl methyl sites for hydroxylation is 1. The fourth-order valence-electron chi connectivity index (χ4n) is 1.29. The molecule has 0 saturated heterocycles. The highest BCUT2D eigenvalue weighted by Crippen LogP contribution is 2.03. The van der Waals surface area contributed by atoms with Crippen LogP contribution >= 0.6 is 0 Å². The van der Waals surface area contributed by atoms with E-state index in [-0.39, 0.29) is 5.91 Å². The van der Waals surface area contributed by atoms with E-state index in [9.17, 15) is 4.79 Å². The Bertz CT molecular complexity index is 334. The Balaban J connectivity index is 2.51. The van der Waals surface area contributed by atoms with Crippen molar-refractivity contribution in [3.05, 3.63) is 29.6 Å². The van der Waals surface area contributed by atoms with Crippen LogP contribution in [0.2, 0.25) is 0 Å². The molecule has 0 aliphatic rings. The van der Waals surface area contributed by atoms with E-state index in [4.69, 9.17) is 0 Å². The summed E-state index contributed by atoms with van der Waals surface area (Å²) in [5, 5.41) is 2.89. The van der Waals surface area contributed by atoms with Crippen molar-refractivity contribution in [2.24, 2.45) is 5.92 Å². The number of pyridine rings is 1. The zero-order valence-electron chi connectivity index (χ0n) is 9.58. The maximum Gasteiger partial charge on any atom is 0.253 e. The van der Waals surface area contributed by atoms with Gasteiger partial charge in [-0.2, -0.15) is 0 Å². The number of hydrogen-bond donors (Lipinski definition) is 1. The van der Waals surface area contributed by atoms with Crippen LogP contribution in [0.15, 0.2) is 18.3 Å². The molecule has 3 heteroatoms. The number of carbonyl (C=O) groups excluding carboxylic acids is 1. The van der Waals surface area contributed by atoms with Crippen molar-refractivity contribution >= 4 is 5.91 Å². The van der Waals surface area contributed by atoms with Crippen molar-refractivity contribution in [1.82, 2.24) is 10.3 Å². The highest BCUT2D eigenvalue weighted by molar-refractivity contribution is 5.95. The number of rotatable bonds is 4. The number of nitrogens with one attached hydrogen (secondary N) is 1. The van der Waals surface area contributed by atoms with E-state index in [1.807, 2.05) is 6.92 Å². The lowest BCUT2D eigenvalue weighted by Gasteiger charge is -2.08. The van der Waals surface area contributed by atoms with Crippen molar-refractivity contribution in [3.63, 3.8) is 0 Å². The molecule has 0 spiro atoms. The van der Waals surface area contributed by atoms with Gasteiger partial charge in [0.05, 0.1) is 5.56 Å². The van der Waals surface area contributed by atoms with Crippen molar-refractivity contribution in [1.29, 1.82) is 0 Å². The van der Waals surface area contributed by atoms with Gasteiger partial charge in [0.25, 0.3) is 5.91 Å². The summed E-state index contributed by atoms with van der Waals surface area (Å²) in [4.78, 5) is 15.8. The molecule has 1 heterocycles. The predicted octanol–water partition coefficient (Wildman–Crippen LogP) is 2.17. The summed E-state index contributed by atoms with van der Waals surface area (Å²) in [6.07, 6.45) is 2.70. The van der Waals surface area contributed by atoms with Crippen molar-refractivity contribution < 1.29 is 4.79 Å². The molecule has 1 N–H and O–H groups in total. The van der Waals surface area contributed by atoms with E-state index in [0.29, 0.717) is 11.5 Å². The van der Waals surface area contributed by atoms with E-state index in [0.717, 1.165) is 18.7 Å². The number of amides is 1. The standard InChI is InChI=1S/C12H18N2O/c1-9(2)6-8-14-12(15)11-5-4-7-13-10(11)3/h4-5,7,9H,6,8H2,1-3H3,(H,14,15). The van der Waals surface area contributed by atoms with Crippen molar-refractivity contribution in [3.8, 4) is 0 Å². The van der Waals surface area contributed by atoms with Gasteiger partial charge in [0.15, 0.2) is 0 Å². The largest absolute Gasteiger partial charge is 0.352 e. The van der Waals surface area contributed by atoms with Gasteiger partial charge >= 0.3 is 0 Å². The van der Waals surface area contributed by atoms with Crippen LogP contribution in [0.4, 0.5) is 0 Å². The molecule has 3 nitrogen and oxygen atoms in total. The van der Waals surface area contributed by atoms with Gasteiger partial charge < -0.3 is 5.32 Å². The lowest BCUT2D eigenvalue weighted by atomic mass is 10.1. The zero-order valence-corrected chi connectivity index (χ0v) is 9.58. The maximum atomic E-state index is 11.7. The molecule has 0 fully saturated rings. The molecule has 1 amide bonds. The van der Waals surface area contributed by atoms with Gasteiger partial charge in [-0.15, -0.1) is 0 Å². The Hall–Kier alpha value is -1.38. The molecule has 1 aromatic heterocycles. The molecule has 1 rings (SSSR count). The van der Waals surface area contributed by atoms with Crippen LogP contribution in [0.25, 0.3) is 0 Å². The summed E-state index contributed by atoms with van der Waals surface area (Å²) in [5.41, 5.74) is 1.45. The molecule has 0 atom stereocenters.